The van der Waals surface area contributed by atoms with Crippen LogP contribution in [0.4, 0.5) is 0 Å². The van der Waals surface area contributed by atoms with Crippen LogP contribution in [-0.4, -0.2) is 5.91 Å². The minimum atomic E-state index is 0.102. The third kappa shape index (κ3) is 2.26. The summed E-state index contributed by atoms with van der Waals surface area (Å²) in [6.07, 6.45) is 1.01. The van der Waals surface area contributed by atoms with Crippen molar-refractivity contribution in [3.05, 3.63) is 35.9 Å². The lowest BCUT2D eigenvalue weighted by molar-refractivity contribution is -0.123. The zero-order valence-corrected chi connectivity index (χ0v) is 10.2. The van der Waals surface area contributed by atoms with E-state index in [-0.39, 0.29) is 23.3 Å². The molecule has 0 radical (unpaired) electrons. The maximum atomic E-state index is 11.9. The first-order valence-corrected chi connectivity index (χ1v) is 5.86. The minimum absolute atomic E-state index is 0.102. The summed E-state index contributed by atoms with van der Waals surface area (Å²) in [5.74, 6) is 0.403. The van der Waals surface area contributed by atoms with E-state index >= 15 is 0 Å². The van der Waals surface area contributed by atoms with Gasteiger partial charge in [-0.05, 0) is 24.3 Å². The molecular weight excluding hydrogens is 198 g/mol. The van der Waals surface area contributed by atoms with Gasteiger partial charge in [-0.3, -0.25) is 4.79 Å². The van der Waals surface area contributed by atoms with Crippen LogP contribution in [0.1, 0.15) is 38.8 Å². The molecular formula is C14H19NO. The van der Waals surface area contributed by atoms with Gasteiger partial charge in [-0.2, -0.15) is 0 Å². The molecule has 2 rings (SSSR count). The summed E-state index contributed by atoms with van der Waals surface area (Å²) in [7, 11) is 0. The number of carbonyl (C=O) groups excluding carboxylic acids is 1. The van der Waals surface area contributed by atoms with Crippen molar-refractivity contribution in [1.29, 1.82) is 0 Å². The van der Waals surface area contributed by atoms with Crippen molar-refractivity contribution in [2.75, 3.05) is 0 Å². The molecule has 1 saturated carbocycles. The normalized spacial score (nSPS) is 23.6. The Hall–Kier alpha value is -1.31. The summed E-state index contributed by atoms with van der Waals surface area (Å²) in [6, 6.07) is 10.2. The fourth-order valence-corrected chi connectivity index (χ4v) is 2.05. The van der Waals surface area contributed by atoms with Crippen molar-refractivity contribution in [2.45, 2.75) is 33.2 Å². The fraction of sp³-hybridized carbons (Fsp3) is 0.500. The Morgan fingerprint density at radius 3 is 2.44 bits per heavy atom. The molecule has 16 heavy (non-hydrogen) atoms. The minimum Gasteiger partial charge on any atom is -0.349 e. The molecule has 0 unspecified atom stereocenters. The maximum absolute atomic E-state index is 11.9. The molecule has 0 heterocycles. The highest BCUT2D eigenvalue weighted by Gasteiger charge is 2.50. The third-order valence-electron chi connectivity index (χ3n) is 3.49. The summed E-state index contributed by atoms with van der Waals surface area (Å²) < 4.78 is 0. The van der Waals surface area contributed by atoms with Crippen LogP contribution in [0.2, 0.25) is 0 Å². The second-order valence-electron chi connectivity index (χ2n) is 5.39. The van der Waals surface area contributed by atoms with Gasteiger partial charge < -0.3 is 5.32 Å². The van der Waals surface area contributed by atoms with Crippen LogP contribution in [0.3, 0.4) is 0 Å². The Labute approximate surface area is 97.1 Å². The first-order chi connectivity index (χ1) is 7.50. The molecule has 2 nitrogen and oxygen atoms in total. The third-order valence-corrected chi connectivity index (χ3v) is 3.49. The lowest BCUT2D eigenvalue weighted by atomic mass is 10.1. The van der Waals surface area contributed by atoms with Crippen LogP contribution in [0.5, 0.6) is 0 Å². The SMILES string of the molecule is C[C@H](NC(=O)[C@@H]1CC1(C)C)c1ccccc1. The Morgan fingerprint density at radius 2 is 1.94 bits per heavy atom. The number of carbonyl (C=O) groups is 1. The highest BCUT2D eigenvalue weighted by atomic mass is 16.2. The largest absolute Gasteiger partial charge is 0.349 e. The lowest BCUT2D eigenvalue weighted by Gasteiger charge is -2.14. The van der Waals surface area contributed by atoms with Crippen LogP contribution in [0, 0.1) is 11.3 Å². The number of rotatable bonds is 3. The Morgan fingerprint density at radius 1 is 1.38 bits per heavy atom. The number of amides is 1. The van der Waals surface area contributed by atoms with Crippen molar-refractivity contribution in [3.63, 3.8) is 0 Å². The molecule has 2 atom stereocenters. The van der Waals surface area contributed by atoms with Crippen LogP contribution in [-0.2, 0) is 4.79 Å². The number of nitrogens with one attached hydrogen (secondary N) is 1. The van der Waals surface area contributed by atoms with Crippen molar-refractivity contribution < 1.29 is 4.79 Å². The van der Waals surface area contributed by atoms with E-state index in [9.17, 15) is 4.79 Å². The molecule has 1 aromatic rings. The van der Waals surface area contributed by atoms with Gasteiger partial charge in [0.2, 0.25) is 5.91 Å². The summed E-state index contributed by atoms with van der Waals surface area (Å²) in [6.45, 7) is 6.32. The fourth-order valence-electron chi connectivity index (χ4n) is 2.05. The smallest absolute Gasteiger partial charge is 0.224 e. The molecule has 1 fully saturated rings. The van der Waals surface area contributed by atoms with Gasteiger partial charge in [0.25, 0.3) is 0 Å². The highest BCUT2D eigenvalue weighted by Crippen LogP contribution is 2.51. The molecule has 2 heteroatoms. The summed E-state index contributed by atoms with van der Waals surface area (Å²) in [5, 5.41) is 3.07. The molecule has 1 aliphatic carbocycles. The van der Waals surface area contributed by atoms with Crippen molar-refractivity contribution in [1.82, 2.24) is 5.32 Å². The molecule has 0 spiro atoms. The Kier molecular flexibility index (Phi) is 2.75. The van der Waals surface area contributed by atoms with Crippen molar-refractivity contribution in [3.8, 4) is 0 Å². The molecule has 0 bridgehead atoms. The van der Waals surface area contributed by atoms with Gasteiger partial charge in [-0.15, -0.1) is 0 Å². The monoisotopic (exact) mass is 217 g/mol. The Bertz CT molecular complexity index is 383. The van der Waals surface area contributed by atoms with Gasteiger partial charge in [0.15, 0.2) is 0 Å². The zero-order valence-electron chi connectivity index (χ0n) is 10.2. The standard InChI is InChI=1S/C14H19NO/c1-10(11-7-5-4-6-8-11)15-13(16)12-9-14(12,2)3/h4-8,10,12H,9H2,1-3H3,(H,15,16)/t10-,12-/m0/s1. The maximum Gasteiger partial charge on any atom is 0.224 e. The quantitative estimate of drug-likeness (QED) is 0.828. The lowest BCUT2D eigenvalue weighted by Crippen LogP contribution is -2.29. The summed E-state index contributed by atoms with van der Waals surface area (Å²) in [4.78, 5) is 11.9. The average molecular weight is 217 g/mol. The molecule has 0 saturated heterocycles. The zero-order chi connectivity index (χ0) is 11.8. The van der Waals surface area contributed by atoms with Crippen molar-refractivity contribution in [2.24, 2.45) is 11.3 Å². The Balaban J connectivity index is 1.94. The number of benzene rings is 1. The van der Waals surface area contributed by atoms with Crippen LogP contribution in [0.15, 0.2) is 30.3 Å². The van der Waals surface area contributed by atoms with Crippen LogP contribution >= 0.6 is 0 Å². The predicted octanol–water partition coefficient (Wildman–Crippen LogP) is 2.91. The molecule has 0 aliphatic heterocycles. The van der Waals surface area contributed by atoms with Crippen LogP contribution in [0.25, 0.3) is 0 Å². The molecule has 86 valence electrons. The number of hydrogen-bond acceptors (Lipinski definition) is 1. The molecule has 1 amide bonds. The second-order valence-corrected chi connectivity index (χ2v) is 5.39. The van der Waals surface area contributed by atoms with E-state index < -0.39 is 0 Å². The van der Waals surface area contributed by atoms with E-state index in [0.29, 0.717) is 0 Å². The second kappa shape index (κ2) is 3.93. The summed E-state index contributed by atoms with van der Waals surface area (Å²) >= 11 is 0. The molecule has 1 aromatic carbocycles. The predicted molar refractivity (Wildman–Crippen MR) is 64.9 cm³/mol. The van der Waals surface area contributed by atoms with Crippen molar-refractivity contribution >= 4 is 5.91 Å². The van der Waals surface area contributed by atoms with E-state index in [0.717, 1.165) is 12.0 Å². The van der Waals surface area contributed by atoms with E-state index in [1.807, 2.05) is 37.3 Å². The van der Waals surface area contributed by atoms with E-state index in [2.05, 4.69) is 19.2 Å². The van der Waals surface area contributed by atoms with Crippen LogP contribution < -0.4 is 5.32 Å². The molecule has 1 N–H and O–H groups in total. The average Bonchev–Trinajstić information content (AvgIpc) is 2.89. The van der Waals surface area contributed by atoms with E-state index in [1.165, 1.54) is 0 Å². The van der Waals surface area contributed by atoms with Gasteiger partial charge in [-0.25, -0.2) is 0 Å². The van der Waals surface area contributed by atoms with E-state index in [1.54, 1.807) is 0 Å². The number of hydrogen-bond donors (Lipinski definition) is 1. The molecule has 1 aliphatic rings. The van der Waals surface area contributed by atoms with Gasteiger partial charge in [-0.1, -0.05) is 44.2 Å². The van der Waals surface area contributed by atoms with E-state index in [4.69, 9.17) is 0 Å². The summed E-state index contributed by atoms with van der Waals surface area (Å²) in [5.41, 5.74) is 1.37. The highest BCUT2D eigenvalue weighted by molar-refractivity contribution is 5.82. The van der Waals surface area contributed by atoms with Gasteiger partial charge >= 0.3 is 0 Å². The van der Waals surface area contributed by atoms with Gasteiger partial charge in [0, 0.05) is 5.92 Å². The van der Waals surface area contributed by atoms with Gasteiger partial charge in [0.05, 0.1) is 6.04 Å². The first kappa shape index (κ1) is 11.2. The topological polar surface area (TPSA) is 29.1 Å². The first-order valence-electron chi connectivity index (χ1n) is 5.86. The van der Waals surface area contributed by atoms with Gasteiger partial charge in [0.1, 0.15) is 0 Å². The molecule has 0 aromatic heterocycles.